The smallest absolute Gasteiger partial charge is 0.462 e. The Hall–Kier alpha value is -4.03. The maximum Gasteiger partial charge on any atom is 0.462 e. The third kappa shape index (κ3) is 5.24. The highest BCUT2D eigenvalue weighted by Crippen LogP contribution is 2.51. The van der Waals surface area contributed by atoms with Crippen LogP contribution < -0.4 is 23.8 Å². The summed E-state index contributed by atoms with van der Waals surface area (Å²) in [4.78, 5) is 0. The van der Waals surface area contributed by atoms with E-state index in [1.165, 1.54) is 0 Å². The number of fused-ring (bicyclic) bond motifs is 2. The molecule has 0 radical (unpaired) electrons. The lowest BCUT2D eigenvalue weighted by Gasteiger charge is -2.22. The van der Waals surface area contributed by atoms with Crippen molar-refractivity contribution < 1.29 is 32.6 Å². The van der Waals surface area contributed by atoms with Crippen molar-refractivity contribution in [3.8, 4) is 23.0 Å². The zero-order valence-corrected chi connectivity index (χ0v) is 22.5. The van der Waals surface area contributed by atoms with E-state index in [2.05, 4.69) is 0 Å². The van der Waals surface area contributed by atoms with Gasteiger partial charge in [0.15, 0.2) is 0 Å². The van der Waals surface area contributed by atoms with E-state index in [0.29, 0.717) is 54.7 Å². The van der Waals surface area contributed by atoms with Crippen molar-refractivity contribution in [1.82, 2.24) is 0 Å². The lowest BCUT2D eigenvalue weighted by atomic mass is 10.1. The standard InChI is InChI=1S/C32H27O7P/c33-40(24-8-2-1-3-9-24,38-31-16-6-10-25-27(31)12-4-14-29(25)36-20-22-18-34-22)39-32-17-7-11-26-28(32)13-5-15-30(26)37-21-23-19-35-23/h1-17,22-23H,18-21H2. The van der Waals surface area contributed by atoms with Crippen LogP contribution in [0.2, 0.25) is 0 Å². The quantitative estimate of drug-likeness (QED) is 0.136. The molecule has 202 valence electrons. The van der Waals surface area contributed by atoms with Crippen LogP contribution in [0, 0.1) is 0 Å². The van der Waals surface area contributed by atoms with Gasteiger partial charge < -0.3 is 28.0 Å². The van der Waals surface area contributed by atoms with Crippen LogP contribution in [0.1, 0.15) is 0 Å². The van der Waals surface area contributed by atoms with Gasteiger partial charge in [-0.3, -0.25) is 0 Å². The van der Waals surface area contributed by atoms with Gasteiger partial charge in [-0.15, -0.1) is 0 Å². The molecule has 0 aliphatic carbocycles. The van der Waals surface area contributed by atoms with E-state index in [1.807, 2.05) is 78.9 Å². The minimum atomic E-state index is -3.92. The summed E-state index contributed by atoms with van der Waals surface area (Å²) < 4.78 is 50.0. The second-order valence-electron chi connectivity index (χ2n) is 9.76. The van der Waals surface area contributed by atoms with E-state index < -0.39 is 7.60 Å². The molecular weight excluding hydrogens is 527 g/mol. The lowest BCUT2D eigenvalue weighted by molar-refractivity contribution is 0.265. The summed E-state index contributed by atoms with van der Waals surface area (Å²) in [7, 11) is -3.92. The molecule has 40 heavy (non-hydrogen) atoms. The summed E-state index contributed by atoms with van der Waals surface area (Å²) in [5.74, 6) is 2.30. The first-order valence-electron chi connectivity index (χ1n) is 13.2. The third-order valence-corrected chi connectivity index (χ3v) is 8.65. The van der Waals surface area contributed by atoms with Crippen LogP contribution in [-0.2, 0) is 14.0 Å². The Kier molecular flexibility index (Phi) is 6.56. The van der Waals surface area contributed by atoms with Crippen LogP contribution in [0.4, 0.5) is 0 Å². The van der Waals surface area contributed by atoms with Crippen LogP contribution in [0.25, 0.3) is 21.5 Å². The van der Waals surface area contributed by atoms with Crippen molar-refractivity contribution in [1.29, 1.82) is 0 Å². The van der Waals surface area contributed by atoms with Gasteiger partial charge in [-0.05, 0) is 36.4 Å². The summed E-state index contributed by atoms with van der Waals surface area (Å²) >= 11 is 0. The average Bonchev–Trinajstić information content (AvgIpc) is 3.92. The Labute approximate surface area is 231 Å². The highest BCUT2D eigenvalue weighted by molar-refractivity contribution is 7.63. The molecule has 8 heteroatoms. The Morgan fingerprint density at radius 1 is 0.550 bits per heavy atom. The van der Waals surface area contributed by atoms with Crippen LogP contribution in [0.15, 0.2) is 103 Å². The van der Waals surface area contributed by atoms with Crippen LogP contribution in [-0.4, -0.2) is 38.6 Å². The molecule has 7 rings (SSSR count). The SMILES string of the molecule is O=P(Oc1cccc2c(OCC3CO3)cccc12)(Oc1cccc2c(OCC3CO3)cccc12)c1ccccc1. The van der Waals surface area contributed by atoms with Gasteiger partial charge in [-0.25, -0.2) is 4.57 Å². The van der Waals surface area contributed by atoms with Gasteiger partial charge in [0.25, 0.3) is 0 Å². The Morgan fingerprint density at radius 3 is 1.38 bits per heavy atom. The zero-order chi connectivity index (χ0) is 26.9. The Balaban J connectivity index is 1.26. The van der Waals surface area contributed by atoms with E-state index in [-0.39, 0.29) is 12.2 Å². The first-order valence-corrected chi connectivity index (χ1v) is 14.8. The number of benzene rings is 5. The lowest BCUT2D eigenvalue weighted by Crippen LogP contribution is -2.15. The molecular formula is C32H27O7P. The number of epoxide rings is 2. The van der Waals surface area contributed by atoms with Crippen molar-refractivity contribution in [2.75, 3.05) is 26.4 Å². The molecule has 0 bridgehead atoms. The molecule has 2 heterocycles. The first kappa shape index (κ1) is 25.0. The number of ether oxygens (including phenoxy) is 4. The number of rotatable bonds is 11. The van der Waals surface area contributed by atoms with Crippen molar-refractivity contribution in [3.05, 3.63) is 103 Å². The Morgan fingerprint density at radius 2 is 0.950 bits per heavy atom. The molecule has 2 atom stereocenters. The zero-order valence-electron chi connectivity index (χ0n) is 21.6. The van der Waals surface area contributed by atoms with Crippen molar-refractivity contribution in [2.45, 2.75) is 12.2 Å². The van der Waals surface area contributed by atoms with Crippen molar-refractivity contribution in [3.63, 3.8) is 0 Å². The maximum absolute atomic E-state index is 14.7. The van der Waals surface area contributed by atoms with Gasteiger partial charge in [-0.2, -0.15) is 0 Å². The van der Waals surface area contributed by atoms with Gasteiger partial charge in [0.2, 0.25) is 0 Å². The monoisotopic (exact) mass is 554 g/mol. The predicted octanol–water partition coefficient (Wildman–Crippen LogP) is 6.52. The molecule has 2 aliphatic heterocycles. The summed E-state index contributed by atoms with van der Waals surface area (Å²) in [6, 6.07) is 31.7. The van der Waals surface area contributed by atoms with E-state index in [0.717, 1.165) is 21.5 Å². The molecule has 2 fully saturated rings. The predicted molar refractivity (Wildman–Crippen MR) is 153 cm³/mol. The topological polar surface area (TPSA) is 79.1 Å². The molecule has 0 amide bonds. The summed E-state index contributed by atoms with van der Waals surface area (Å²) in [5, 5.41) is 3.69. The van der Waals surface area contributed by atoms with Crippen molar-refractivity contribution >= 4 is 34.4 Å². The fourth-order valence-electron chi connectivity index (χ4n) is 4.60. The van der Waals surface area contributed by atoms with Gasteiger partial charge in [0.05, 0.1) is 18.5 Å². The van der Waals surface area contributed by atoms with E-state index in [1.54, 1.807) is 24.3 Å². The highest BCUT2D eigenvalue weighted by atomic mass is 31.2. The van der Waals surface area contributed by atoms with Crippen LogP contribution in [0.3, 0.4) is 0 Å². The molecule has 0 N–H and O–H groups in total. The molecule has 5 aromatic rings. The number of hydrogen-bond acceptors (Lipinski definition) is 7. The third-order valence-electron chi connectivity index (χ3n) is 6.85. The van der Waals surface area contributed by atoms with E-state index >= 15 is 0 Å². The summed E-state index contributed by atoms with van der Waals surface area (Å²) in [6.45, 7) is 2.40. The fourth-order valence-corrected chi connectivity index (χ4v) is 6.22. The summed E-state index contributed by atoms with van der Waals surface area (Å²) in [5.41, 5.74) is 0. The molecule has 7 nitrogen and oxygen atoms in total. The van der Waals surface area contributed by atoms with Gasteiger partial charge >= 0.3 is 7.60 Å². The summed E-state index contributed by atoms with van der Waals surface area (Å²) in [6.07, 6.45) is 0.269. The first-order chi connectivity index (χ1) is 19.7. The molecule has 5 aromatic carbocycles. The molecule has 0 spiro atoms. The van der Waals surface area contributed by atoms with E-state index in [4.69, 9.17) is 28.0 Å². The second-order valence-corrected chi connectivity index (χ2v) is 11.6. The fraction of sp³-hybridized carbons (Fsp3) is 0.188. The normalized spacial score (nSPS) is 19.1. The maximum atomic E-state index is 14.7. The molecule has 2 saturated heterocycles. The molecule has 2 aliphatic rings. The van der Waals surface area contributed by atoms with Crippen LogP contribution >= 0.6 is 7.60 Å². The van der Waals surface area contributed by atoms with Crippen LogP contribution in [0.5, 0.6) is 23.0 Å². The highest BCUT2D eigenvalue weighted by Gasteiger charge is 2.33. The van der Waals surface area contributed by atoms with Gasteiger partial charge in [-0.1, -0.05) is 66.7 Å². The second kappa shape index (κ2) is 10.5. The van der Waals surface area contributed by atoms with Gasteiger partial charge in [0, 0.05) is 21.5 Å². The van der Waals surface area contributed by atoms with Gasteiger partial charge in [0.1, 0.15) is 48.4 Å². The van der Waals surface area contributed by atoms with E-state index in [9.17, 15) is 4.57 Å². The number of hydrogen-bond donors (Lipinski definition) is 0. The average molecular weight is 555 g/mol. The van der Waals surface area contributed by atoms with Crippen molar-refractivity contribution in [2.24, 2.45) is 0 Å². The molecule has 0 aromatic heterocycles. The minimum Gasteiger partial charge on any atom is -0.490 e. The minimum absolute atomic E-state index is 0.134. The Bertz CT molecular complexity index is 1610. The largest absolute Gasteiger partial charge is 0.490 e. The molecule has 2 unspecified atom stereocenters. The molecule has 0 saturated carbocycles.